The molecule has 12 heteroatoms. The quantitative estimate of drug-likeness (QED) is 0.0403. The molecule has 0 atom stereocenters. The molecule has 0 spiro atoms. The number of hydrogen-bond acceptors (Lipinski definition) is 6. The molecule has 0 unspecified atom stereocenters. The number of rotatable bonds is 20. The fraction of sp³-hybridized carbons (Fsp3) is 0.312. The summed E-state index contributed by atoms with van der Waals surface area (Å²) in [5.41, 5.74) is 0.766. The van der Waals surface area contributed by atoms with Crippen LogP contribution in [0.4, 0.5) is 24.5 Å². The van der Waals surface area contributed by atoms with Crippen LogP contribution >= 0.6 is 11.6 Å². The van der Waals surface area contributed by atoms with Gasteiger partial charge in [0, 0.05) is 83.9 Å². The third-order valence-corrected chi connectivity index (χ3v) is 11.0. The highest BCUT2D eigenvalue weighted by Crippen LogP contribution is 2.52. The van der Waals surface area contributed by atoms with Gasteiger partial charge < -0.3 is 29.6 Å². The van der Waals surface area contributed by atoms with Gasteiger partial charge in [-0.2, -0.15) is 4.58 Å². The standard InChI is InChI=1S/C48H51ClF3N3O5/c1-7-16-31(8-2)54(5)33-19-21-35-37(29-33)48(3,4)38-30-34(55(6)32-17-12-11-13-18-32)20-22-36(38)39(35)40-41(47(57)58)44(51)45(52)42(43(40)50)46(56)53-24-26-60-28-27-59-25-15-10-9-14-23-49/h7-8,11-13,16-22,29-30H,1-2,9-10,14-15,23-28H2,3-6H3,(H-,53,56,57,58)/b31-16+. The van der Waals surface area contributed by atoms with E-state index in [-0.39, 0.29) is 25.3 Å². The van der Waals surface area contributed by atoms with Crippen LogP contribution < -0.4 is 15.3 Å². The molecule has 0 saturated carbocycles. The first-order valence-electron chi connectivity index (χ1n) is 19.9. The highest BCUT2D eigenvalue weighted by Gasteiger charge is 2.42. The number of allylic oxidation sites excluding steroid dienone is 8. The molecule has 0 bridgehead atoms. The van der Waals surface area contributed by atoms with E-state index in [0.717, 1.165) is 42.8 Å². The fourth-order valence-corrected chi connectivity index (χ4v) is 7.67. The van der Waals surface area contributed by atoms with Crippen LogP contribution in [-0.2, 0) is 14.9 Å². The number of aromatic carboxylic acids is 1. The van der Waals surface area contributed by atoms with Gasteiger partial charge in [-0.1, -0.05) is 70.2 Å². The van der Waals surface area contributed by atoms with Crippen molar-refractivity contribution < 1.29 is 41.9 Å². The fourth-order valence-electron chi connectivity index (χ4n) is 7.48. The summed E-state index contributed by atoms with van der Waals surface area (Å²) in [6, 6.07) is 15.0. The number of para-hydroxylation sites is 1. The molecule has 0 aliphatic heterocycles. The Labute approximate surface area is 355 Å². The molecule has 1 amide bonds. The molecule has 8 nitrogen and oxygen atoms in total. The first kappa shape index (κ1) is 45.6. The van der Waals surface area contributed by atoms with Crippen LogP contribution in [0.1, 0.15) is 76.9 Å². The van der Waals surface area contributed by atoms with Crippen molar-refractivity contribution in [3.05, 3.63) is 160 Å². The van der Waals surface area contributed by atoms with E-state index in [1.807, 2.05) is 79.9 Å². The molecule has 3 aromatic carbocycles. The van der Waals surface area contributed by atoms with E-state index in [0.29, 0.717) is 47.1 Å². The lowest BCUT2D eigenvalue weighted by Crippen LogP contribution is -2.34. The zero-order valence-electron chi connectivity index (χ0n) is 34.5. The van der Waals surface area contributed by atoms with E-state index in [9.17, 15) is 14.7 Å². The Bertz CT molecular complexity index is 2290. The Hall–Kier alpha value is -5.49. The maximum Gasteiger partial charge on any atom is 0.257 e. The monoisotopic (exact) mass is 841 g/mol. The molecule has 2 aliphatic carbocycles. The molecule has 316 valence electrons. The van der Waals surface area contributed by atoms with Gasteiger partial charge in [0.2, 0.25) is 11.4 Å². The Kier molecular flexibility index (Phi) is 15.7. The lowest BCUT2D eigenvalue weighted by molar-refractivity contribution is -0.436. The molecule has 2 aliphatic rings. The van der Waals surface area contributed by atoms with Crippen LogP contribution in [0.25, 0.3) is 5.57 Å². The van der Waals surface area contributed by atoms with Crippen molar-refractivity contribution in [3.8, 4) is 0 Å². The van der Waals surface area contributed by atoms with Gasteiger partial charge in [0.25, 0.3) is 5.91 Å². The number of nitrogens with zero attached hydrogens (tertiary/aromatic N) is 2. The lowest BCUT2D eigenvalue weighted by Gasteiger charge is -2.40. The second-order valence-electron chi connectivity index (χ2n) is 14.9. The Balaban J connectivity index is 1.60. The van der Waals surface area contributed by atoms with E-state index in [1.54, 1.807) is 42.5 Å². The van der Waals surface area contributed by atoms with E-state index in [4.69, 9.17) is 21.1 Å². The van der Waals surface area contributed by atoms with Crippen molar-refractivity contribution in [2.45, 2.75) is 44.9 Å². The van der Waals surface area contributed by atoms with Crippen LogP contribution in [0, 0.1) is 17.5 Å². The normalized spacial score (nSPS) is 15.2. The number of carbonyl (C=O) groups excluding carboxylic acids is 2. The Morgan fingerprint density at radius 3 is 2.25 bits per heavy atom. The molecule has 1 N–H and O–H groups in total. The van der Waals surface area contributed by atoms with Gasteiger partial charge in [-0.05, 0) is 65.5 Å². The topological polar surface area (TPSA) is 93.9 Å². The van der Waals surface area contributed by atoms with Gasteiger partial charge in [0.15, 0.2) is 11.6 Å². The molecule has 0 fully saturated rings. The number of amides is 1. The maximum absolute atomic E-state index is 17.2. The van der Waals surface area contributed by atoms with Crippen molar-refractivity contribution in [2.24, 2.45) is 0 Å². The smallest absolute Gasteiger partial charge is 0.257 e. The zero-order chi connectivity index (χ0) is 43.6. The average Bonchev–Trinajstić information content (AvgIpc) is 3.24. The van der Waals surface area contributed by atoms with E-state index in [2.05, 4.69) is 18.5 Å². The number of halogens is 4. The number of alkyl halides is 1. The summed E-state index contributed by atoms with van der Waals surface area (Å²) >= 11 is 5.70. The largest absolute Gasteiger partial charge is 0.545 e. The first-order chi connectivity index (χ1) is 28.8. The molecule has 3 aromatic rings. The van der Waals surface area contributed by atoms with Crippen molar-refractivity contribution in [2.75, 3.05) is 57.8 Å². The number of unbranched alkanes of at least 4 members (excludes halogenated alkanes) is 3. The van der Waals surface area contributed by atoms with Gasteiger partial charge in [0.05, 0.1) is 25.8 Å². The number of likely N-dealkylation sites (N-methyl/N-ethyl adjacent to an activating group) is 1. The molecule has 60 heavy (non-hydrogen) atoms. The van der Waals surface area contributed by atoms with Crippen LogP contribution in [-0.4, -0.2) is 75.1 Å². The molecule has 0 radical (unpaired) electrons. The third kappa shape index (κ3) is 9.75. The van der Waals surface area contributed by atoms with Crippen LogP contribution in [0.3, 0.4) is 0 Å². The highest BCUT2D eigenvalue weighted by molar-refractivity contribution is 6.17. The number of fused-ring (bicyclic) bond motifs is 2. The second-order valence-corrected chi connectivity index (χ2v) is 15.3. The number of anilines is 2. The number of hydrogen-bond donors (Lipinski definition) is 1. The summed E-state index contributed by atoms with van der Waals surface area (Å²) < 4.78 is 62.0. The summed E-state index contributed by atoms with van der Waals surface area (Å²) in [7, 11) is 3.72. The molecule has 5 rings (SSSR count). The van der Waals surface area contributed by atoms with E-state index in [1.165, 1.54) is 0 Å². The predicted molar refractivity (Wildman–Crippen MR) is 231 cm³/mol. The lowest BCUT2D eigenvalue weighted by atomic mass is 9.64. The van der Waals surface area contributed by atoms with Gasteiger partial charge in [0.1, 0.15) is 18.4 Å². The average molecular weight is 842 g/mol. The van der Waals surface area contributed by atoms with Crippen molar-refractivity contribution in [1.29, 1.82) is 0 Å². The van der Waals surface area contributed by atoms with Crippen molar-refractivity contribution in [3.63, 3.8) is 0 Å². The van der Waals surface area contributed by atoms with Gasteiger partial charge >= 0.3 is 0 Å². The SMILES string of the molecule is C=C/C=C(\C=C)[N+](C)=C1C=CC2=C(c3c(F)c(C(=O)NCCOCCOCCCCCCCl)c(F)c(F)c3C(=O)[O-])c3ccc(N(C)c4ccccc4)cc3C(C)(C)C2=C1. The molecular weight excluding hydrogens is 791 g/mol. The molecular formula is C48H51ClF3N3O5. The van der Waals surface area contributed by atoms with Crippen LogP contribution in [0.15, 0.2) is 115 Å². The maximum atomic E-state index is 17.2. The predicted octanol–water partition coefficient (Wildman–Crippen LogP) is 8.73. The number of carbonyl (C=O) groups is 2. The number of nitrogens with one attached hydrogen (secondary N) is 1. The first-order valence-corrected chi connectivity index (χ1v) is 20.4. The highest BCUT2D eigenvalue weighted by atomic mass is 35.5. The minimum atomic E-state index is -2.15. The summed E-state index contributed by atoms with van der Waals surface area (Å²) in [5, 5.41) is 15.2. The number of ether oxygens (including phenoxy) is 2. The summed E-state index contributed by atoms with van der Waals surface area (Å²) in [6.07, 6.45) is 14.3. The Morgan fingerprint density at radius 2 is 1.58 bits per heavy atom. The molecule has 0 heterocycles. The van der Waals surface area contributed by atoms with Crippen LogP contribution in [0.5, 0.6) is 0 Å². The minimum Gasteiger partial charge on any atom is -0.545 e. The van der Waals surface area contributed by atoms with E-state index >= 15 is 13.2 Å². The van der Waals surface area contributed by atoms with Crippen LogP contribution in [0.2, 0.25) is 0 Å². The minimum absolute atomic E-state index is 0.0279. The van der Waals surface area contributed by atoms with Crippen molar-refractivity contribution in [1.82, 2.24) is 5.32 Å². The summed E-state index contributed by atoms with van der Waals surface area (Å²) in [6.45, 7) is 12.6. The Morgan fingerprint density at radius 1 is 0.900 bits per heavy atom. The van der Waals surface area contributed by atoms with Crippen molar-refractivity contribution >= 4 is 46.1 Å². The number of carboxylic acid groups (broad SMARTS) is 1. The van der Waals surface area contributed by atoms with E-state index < -0.39 is 51.4 Å². The summed E-state index contributed by atoms with van der Waals surface area (Å²) in [5.74, 6) is -8.23. The summed E-state index contributed by atoms with van der Waals surface area (Å²) in [4.78, 5) is 28.2. The molecule has 0 saturated heterocycles. The van der Waals surface area contributed by atoms with Gasteiger partial charge in [-0.3, -0.25) is 4.79 Å². The molecule has 0 aromatic heterocycles. The zero-order valence-corrected chi connectivity index (χ0v) is 35.3. The van der Waals surface area contributed by atoms with Gasteiger partial charge in [-0.25, -0.2) is 13.2 Å². The second kappa shape index (κ2) is 20.7. The number of benzene rings is 3. The third-order valence-electron chi connectivity index (χ3n) is 10.8. The van der Waals surface area contributed by atoms with Gasteiger partial charge in [-0.15, -0.1) is 11.6 Å². The number of carboxylic acids is 1.